The highest BCUT2D eigenvalue weighted by Gasteiger charge is 2.29. The molecule has 160 valence electrons. The monoisotopic (exact) mass is 411 g/mol. The molecule has 0 radical (unpaired) electrons. The van der Waals surface area contributed by atoms with Crippen molar-refractivity contribution < 1.29 is 9.90 Å². The predicted octanol–water partition coefficient (Wildman–Crippen LogP) is 2.86. The van der Waals surface area contributed by atoms with Crippen molar-refractivity contribution in [3.05, 3.63) is 24.3 Å². The minimum atomic E-state index is -0.914. The molecule has 0 bridgehead atoms. The third kappa shape index (κ3) is 3.86. The summed E-state index contributed by atoms with van der Waals surface area (Å²) in [6.45, 7) is 3.92. The third-order valence-electron chi connectivity index (χ3n) is 7.00. The molecule has 9 heteroatoms. The summed E-state index contributed by atoms with van der Waals surface area (Å²) in [5.41, 5.74) is 3.11. The van der Waals surface area contributed by atoms with E-state index >= 15 is 0 Å². The smallest absolute Gasteiger partial charge is 0.404 e. The molecule has 1 amide bonds. The first kappa shape index (κ1) is 19.3. The number of nitrogens with one attached hydrogen (secondary N) is 2. The van der Waals surface area contributed by atoms with E-state index in [2.05, 4.69) is 36.6 Å². The standard InChI is InChI=1S/C21H29N7O2/c29-21(30)23-11-14-6-9-27(10-7-14)12-15-1-3-16(4-2-15)18-19-17-5-8-22-20(17)24-13-28(19)26-25-18/h5,8,13-16,22-23H,1-4,6-7,9-12H2,(H,29,30). The normalized spacial score (nSPS) is 23.9. The number of hydrogen-bond donors (Lipinski definition) is 3. The molecule has 1 aliphatic carbocycles. The van der Waals surface area contributed by atoms with Crippen LogP contribution in [0, 0.1) is 11.8 Å². The summed E-state index contributed by atoms with van der Waals surface area (Å²) >= 11 is 0. The Hall–Kier alpha value is -2.68. The van der Waals surface area contributed by atoms with Crippen molar-refractivity contribution in [3.63, 3.8) is 0 Å². The number of aromatic nitrogens is 5. The third-order valence-corrected chi connectivity index (χ3v) is 7.00. The van der Waals surface area contributed by atoms with Crippen LogP contribution in [0.4, 0.5) is 4.79 Å². The highest BCUT2D eigenvalue weighted by molar-refractivity contribution is 5.92. The number of nitrogens with zero attached hydrogens (tertiary/aromatic N) is 5. The van der Waals surface area contributed by atoms with Gasteiger partial charge in [-0.25, -0.2) is 14.3 Å². The molecule has 3 aromatic rings. The summed E-state index contributed by atoms with van der Waals surface area (Å²) in [5.74, 6) is 1.69. The van der Waals surface area contributed by atoms with Gasteiger partial charge in [0.2, 0.25) is 0 Å². The van der Waals surface area contributed by atoms with Gasteiger partial charge in [-0.05, 0) is 69.5 Å². The lowest BCUT2D eigenvalue weighted by Gasteiger charge is -2.36. The van der Waals surface area contributed by atoms with Gasteiger partial charge < -0.3 is 20.3 Å². The molecule has 4 heterocycles. The molecular formula is C21H29N7O2. The number of amides is 1. The first-order valence-corrected chi connectivity index (χ1v) is 11.0. The maximum Gasteiger partial charge on any atom is 0.404 e. The molecule has 0 aromatic carbocycles. The molecule has 30 heavy (non-hydrogen) atoms. The Kier molecular flexibility index (Phi) is 5.28. The van der Waals surface area contributed by atoms with Crippen molar-refractivity contribution >= 4 is 22.6 Å². The zero-order valence-electron chi connectivity index (χ0n) is 17.1. The first-order chi connectivity index (χ1) is 14.7. The van der Waals surface area contributed by atoms with Crippen molar-refractivity contribution in [2.45, 2.75) is 44.4 Å². The number of piperidine rings is 1. The van der Waals surface area contributed by atoms with Gasteiger partial charge in [0.05, 0.1) is 5.69 Å². The Bertz CT molecular complexity index is 1010. The highest BCUT2D eigenvalue weighted by atomic mass is 16.4. The first-order valence-electron chi connectivity index (χ1n) is 11.0. The minimum Gasteiger partial charge on any atom is -0.465 e. The SMILES string of the molecule is O=C(O)NCC1CCN(CC2CCC(c3nnn4cnc5[nH]ccc5c34)CC2)CC1. The Morgan fingerprint density at radius 1 is 1.17 bits per heavy atom. The molecule has 0 spiro atoms. The molecule has 3 N–H and O–H groups in total. The van der Waals surface area contributed by atoms with Crippen LogP contribution in [0.1, 0.15) is 50.1 Å². The number of rotatable bonds is 5. The van der Waals surface area contributed by atoms with Crippen LogP contribution in [0.2, 0.25) is 0 Å². The average Bonchev–Trinajstić information content (AvgIpc) is 3.40. The molecular weight excluding hydrogens is 382 g/mol. The summed E-state index contributed by atoms with van der Waals surface area (Å²) in [7, 11) is 0. The zero-order chi connectivity index (χ0) is 20.5. The Morgan fingerprint density at radius 3 is 2.73 bits per heavy atom. The van der Waals surface area contributed by atoms with Gasteiger partial charge in [-0.15, -0.1) is 5.10 Å². The summed E-state index contributed by atoms with van der Waals surface area (Å²) in [5, 5.41) is 21.2. The summed E-state index contributed by atoms with van der Waals surface area (Å²) in [4.78, 5) is 20.8. The van der Waals surface area contributed by atoms with E-state index in [1.165, 1.54) is 19.4 Å². The van der Waals surface area contributed by atoms with E-state index in [0.29, 0.717) is 18.4 Å². The van der Waals surface area contributed by atoms with E-state index in [1.807, 2.05) is 6.20 Å². The number of hydrogen-bond acceptors (Lipinski definition) is 5. The quantitative estimate of drug-likeness (QED) is 0.595. The Morgan fingerprint density at radius 2 is 1.97 bits per heavy atom. The molecule has 0 atom stereocenters. The zero-order valence-corrected chi connectivity index (χ0v) is 17.1. The number of H-pyrrole nitrogens is 1. The molecule has 3 aromatic heterocycles. The van der Waals surface area contributed by atoms with Gasteiger partial charge in [0.25, 0.3) is 0 Å². The molecule has 5 rings (SSSR count). The Labute approximate surface area is 174 Å². The van der Waals surface area contributed by atoms with Crippen LogP contribution in [-0.2, 0) is 0 Å². The molecule has 2 aliphatic rings. The van der Waals surface area contributed by atoms with Gasteiger partial charge >= 0.3 is 6.09 Å². The lowest BCUT2D eigenvalue weighted by molar-refractivity contribution is 0.139. The van der Waals surface area contributed by atoms with Gasteiger partial charge in [0, 0.05) is 30.6 Å². The van der Waals surface area contributed by atoms with Gasteiger partial charge in [-0.3, -0.25) is 0 Å². The average molecular weight is 412 g/mol. The van der Waals surface area contributed by atoms with E-state index in [1.54, 1.807) is 10.8 Å². The van der Waals surface area contributed by atoms with Crippen LogP contribution in [0.15, 0.2) is 18.6 Å². The van der Waals surface area contributed by atoms with Crippen molar-refractivity contribution in [3.8, 4) is 0 Å². The van der Waals surface area contributed by atoms with Crippen LogP contribution >= 0.6 is 0 Å². The van der Waals surface area contributed by atoms with Crippen LogP contribution in [-0.4, -0.2) is 67.1 Å². The van der Waals surface area contributed by atoms with Crippen molar-refractivity contribution in [1.29, 1.82) is 0 Å². The van der Waals surface area contributed by atoms with E-state index in [9.17, 15) is 4.79 Å². The number of likely N-dealkylation sites (tertiary alicyclic amines) is 1. The van der Waals surface area contributed by atoms with Gasteiger partial charge in [-0.2, -0.15) is 0 Å². The molecule has 1 saturated heterocycles. The van der Waals surface area contributed by atoms with E-state index < -0.39 is 6.09 Å². The number of fused-ring (bicyclic) bond motifs is 3. The second kappa shape index (κ2) is 8.22. The summed E-state index contributed by atoms with van der Waals surface area (Å²) < 4.78 is 1.81. The maximum atomic E-state index is 10.7. The van der Waals surface area contributed by atoms with Crippen LogP contribution in [0.5, 0.6) is 0 Å². The Balaban J connectivity index is 1.16. The molecule has 0 unspecified atom stereocenters. The van der Waals surface area contributed by atoms with E-state index in [0.717, 1.165) is 66.9 Å². The van der Waals surface area contributed by atoms with Gasteiger partial charge in [-0.1, -0.05) is 5.21 Å². The van der Waals surface area contributed by atoms with Crippen molar-refractivity contribution in [2.75, 3.05) is 26.2 Å². The number of carbonyl (C=O) groups is 1. The van der Waals surface area contributed by atoms with Crippen molar-refractivity contribution in [2.24, 2.45) is 11.8 Å². The fraction of sp³-hybridized carbons (Fsp3) is 0.619. The maximum absolute atomic E-state index is 10.7. The molecule has 9 nitrogen and oxygen atoms in total. The molecule has 1 saturated carbocycles. The summed E-state index contributed by atoms with van der Waals surface area (Å²) in [6.07, 6.45) is 9.70. The van der Waals surface area contributed by atoms with Gasteiger partial charge in [0.1, 0.15) is 17.5 Å². The fourth-order valence-electron chi connectivity index (χ4n) is 5.28. The summed E-state index contributed by atoms with van der Waals surface area (Å²) in [6, 6.07) is 2.06. The minimum absolute atomic E-state index is 0.465. The van der Waals surface area contributed by atoms with E-state index in [4.69, 9.17) is 5.11 Å². The highest BCUT2D eigenvalue weighted by Crippen LogP contribution is 2.38. The predicted molar refractivity (Wildman–Crippen MR) is 113 cm³/mol. The topological polar surface area (TPSA) is 111 Å². The van der Waals surface area contributed by atoms with Crippen LogP contribution in [0.25, 0.3) is 16.6 Å². The van der Waals surface area contributed by atoms with Gasteiger partial charge in [0.15, 0.2) is 0 Å². The molecule has 1 aliphatic heterocycles. The van der Waals surface area contributed by atoms with E-state index in [-0.39, 0.29) is 0 Å². The number of carboxylic acid groups (broad SMARTS) is 1. The lowest BCUT2D eigenvalue weighted by atomic mass is 9.79. The molecule has 2 fully saturated rings. The van der Waals surface area contributed by atoms with Crippen LogP contribution in [0.3, 0.4) is 0 Å². The second-order valence-corrected chi connectivity index (χ2v) is 8.90. The largest absolute Gasteiger partial charge is 0.465 e. The lowest BCUT2D eigenvalue weighted by Crippen LogP contribution is -2.40. The fourth-order valence-corrected chi connectivity index (χ4v) is 5.28. The second-order valence-electron chi connectivity index (χ2n) is 8.90. The van der Waals surface area contributed by atoms with Crippen molar-refractivity contribution in [1.82, 2.24) is 35.0 Å². The van der Waals surface area contributed by atoms with Crippen LogP contribution < -0.4 is 5.32 Å². The number of aromatic amines is 1.